The lowest BCUT2D eigenvalue weighted by Gasteiger charge is -2.19. The van der Waals surface area contributed by atoms with Crippen molar-refractivity contribution in [2.75, 3.05) is 19.7 Å². The molecular weight excluding hydrogens is 237 g/mol. The molecule has 2 rings (SSSR count). The molecule has 2 N–H and O–H groups in total. The van der Waals surface area contributed by atoms with Crippen LogP contribution in [-0.2, 0) is 4.79 Å². The number of hydrogen-bond donors (Lipinski definition) is 2. The fourth-order valence-corrected chi connectivity index (χ4v) is 2.15. The summed E-state index contributed by atoms with van der Waals surface area (Å²) in [6, 6.07) is 5.59. The van der Waals surface area contributed by atoms with E-state index in [0.29, 0.717) is 12.3 Å². The summed E-state index contributed by atoms with van der Waals surface area (Å²) in [5, 5.41) is 12.3. The van der Waals surface area contributed by atoms with E-state index >= 15 is 0 Å². The first-order valence-electron chi connectivity index (χ1n) is 5.98. The van der Waals surface area contributed by atoms with Crippen LogP contribution < -0.4 is 10.1 Å². The van der Waals surface area contributed by atoms with Gasteiger partial charge in [0.1, 0.15) is 18.2 Å². The van der Waals surface area contributed by atoms with E-state index in [9.17, 15) is 14.3 Å². The molecule has 1 aromatic rings. The summed E-state index contributed by atoms with van der Waals surface area (Å²) in [5.74, 6) is -1.11. The second-order valence-corrected chi connectivity index (χ2v) is 4.46. The first kappa shape index (κ1) is 12.8. The number of hydrogen-bond acceptors (Lipinski definition) is 3. The van der Waals surface area contributed by atoms with Crippen molar-refractivity contribution >= 4 is 5.97 Å². The molecule has 2 unspecified atom stereocenters. The zero-order valence-electron chi connectivity index (χ0n) is 9.93. The second-order valence-electron chi connectivity index (χ2n) is 4.46. The zero-order valence-corrected chi connectivity index (χ0v) is 9.93. The van der Waals surface area contributed by atoms with Gasteiger partial charge in [-0.25, -0.2) is 4.39 Å². The van der Waals surface area contributed by atoms with Gasteiger partial charge < -0.3 is 15.2 Å². The standard InChI is InChI=1S/C13H16FNO3/c14-10-1-3-11(4-2-10)18-8-12(13(16)17)9-5-6-15-7-9/h1-4,9,12,15H,5-8H2,(H,16,17). The van der Waals surface area contributed by atoms with Crippen molar-refractivity contribution in [2.24, 2.45) is 11.8 Å². The van der Waals surface area contributed by atoms with Gasteiger partial charge >= 0.3 is 5.97 Å². The van der Waals surface area contributed by atoms with Gasteiger partial charge in [0, 0.05) is 0 Å². The molecule has 0 bridgehead atoms. The Morgan fingerprint density at radius 1 is 1.50 bits per heavy atom. The van der Waals surface area contributed by atoms with Crippen molar-refractivity contribution in [3.05, 3.63) is 30.1 Å². The number of carboxylic acid groups (broad SMARTS) is 1. The Morgan fingerprint density at radius 3 is 2.78 bits per heavy atom. The molecule has 0 aromatic heterocycles. The van der Waals surface area contributed by atoms with Crippen molar-refractivity contribution in [1.82, 2.24) is 5.32 Å². The Kier molecular flexibility index (Phi) is 4.15. The van der Waals surface area contributed by atoms with E-state index in [0.717, 1.165) is 13.0 Å². The van der Waals surface area contributed by atoms with Crippen LogP contribution in [0.1, 0.15) is 6.42 Å². The van der Waals surface area contributed by atoms with Gasteiger partial charge in [0.25, 0.3) is 0 Å². The molecule has 1 heterocycles. The lowest BCUT2D eigenvalue weighted by atomic mass is 9.92. The number of nitrogens with one attached hydrogen (secondary N) is 1. The maximum atomic E-state index is 12.7. The number of aliphatic carboxylic acids is 1. The molecule has 5 heteroatoms. The second kappa shape index (κ2) is 5.82. The van der Waals surface area contributed by atoms with Crippen molar-refractivity contribution in [2.45, 2.75) is 6.42 Å². The van der Waals surface area contributed by atoms with E-state index in [1.54, 1.807) is 0 Å². The van der Waals surface area contributed by atoms with E-state index < -0.39 is 11.9 Å². The van der Waals surface area contributed by atoms with Gasteiger partial charge in [-0.2, -0.15) is 0 Å². The molecule has 1 saturated heterocycles. The first-order valence-corrected chi connectivity index (χ1v) is 5.98. The molecular formula is C13H16FNO3. The smallest absolute Gasteiger partial charge is 0.310 e. The van der Waals surface area contributed by atoms with Crippen LogP contribution >= 0.6 is 0 Å². The van der Waals surface area contributed by atoms with E-state index in [-0.39, 0.29) is 18.3 Å². The summed E-state index contributed by atoms with van der Waals surface area (Å²) in [7, 11) is 0. The van der Waals surface area contributed by atoms with E-state index in [2.05, 4.69) is 5.32 Å². The molecule has 0 saturated carbocycles. The maximum absolute atomic E-state index is 12.7. The lowest BCUT2D eigenvalue weighted by molar-refractivity contribution is -0.144. The average Bonchev–Trinajstić information content (AvgIpc) is 2.85. The fourth-order valence-electron chi connectivity index (χ4n) is 2.15. The van der Waals surface area contributed by atoms with Crippen LogP contribution in [0.4, 0.5) is 4.39 Å². The molecule has 2 atom stereocenters. The highest BCUT2D eigenvalue weighted by Gasteiger charge is 2.31. The molecule has 1 fully saturated rings. The summed E-state index contributed by atoms with van der Waals surface area (Å²) >= 11 is 0. The molecule has 18 heavy (non-hydrogen) atoms. The fraction of sp³-hybridized carbons (Fsp3) is 0.462. The summed E-state index contributed by atoms with van der Waals surface area (Å²) in [6.45, 7) is 1.68. The van der Waals surface area contributed by atoms with Crippen LogP contribution in [0.25, 0.3) is 0 Å². The third-order valence-electron chi connectivity index (χ3n) is 3.23. The minimum atomic E-state index is -0.842. The van der Waals surface area contributed by atoms with Crippen LogP contribution in [-0.4, -0.2) is 30.8 Å². The molecule has 1 aromatic carbocycles. The largest absolute Gasteiger partial charge is 0.493 e. The Morgan fingerprint density at radius 2 is 2.22 bits per heavy atom. The number of rotatable bonds is 5. The monoisotopic (exact) mass is 253 g/mol. The Balaban J connectivity index is 1.93. The van der Waals surface area contributed by atoms with Crippen LogP contribution in [0.3, 0.4) is 0 Å². The number of carbonyl (C=O) groups is 1. The van der Waals surface area contributed by atoms with Crippen LogP contribution in [0.5, 0.6) is 5.75 Å². The summed E-state index contributed by atoms with van der Waals surface area (Å²) in [6.07, 6.45) is 0.851. The van der Waals surface area contributed by atoms with Gasteiger partial charge in [-0.3, -0.25) is 4.79 Å². The van der Waals surface area contributed by atoms with Gasteiger partial charge in [0.2, 0.25) is 0 Å². The van der Waals surface area contributed by atoms with Crippen LogP contribution in [0, 0.1) is 17.7 Å². The average molecular weight is 253 g/mol. The quantitative estimate of drug-likeness (QED) is 0.835. The van der Waals surface area contributed by atoms with Gasteiger partial charge in [0.05, 0.1) is 5.92 Å². The molecule has 0 radical (unpaired) electrons. The molecule has 1 aliphatic rings. The van der Waals surface area contributed by atoms with Gasteiger partial charge in [0.15, 0.2) is 0 Å². The highest BCUT2D eigenvalue weighted by Crippen LogP contribution is 2.21. The lowest BCUT2D eigenvalue weighted by Crippen LogP contribution is -2.30. The van der Waals surface area contributed by atoms with E-state index in [1.807, 2.05) is 0 Å². The van der Waals surface area contributed by atoms with Gasteiger partial charge in [-0.15, -0.1) is 0 Å². The minimum Gasteiger partial charge on any atom is -0.493 e. The third-order valence-corrected chi connectivity index (χ3v) is 3.23. The molecule has 1 aliphatic heterocycles. The number of halogens is 1. The molecule has 0 amide bonds. The van der Waals surface area contributed by atoms with Crippen molar-refractivity contribution in [3.63, 3.8) is 0 Å². The minimum absolute atomic E-state index is 0.1000. The topological polar surface area (TPSA) is 58.6 Å². The number of carboxylic acids is 1. The predicted octanol–water partition coefficient (Wildman–Crippen LogP) is 1.51. The summed E-state index contributed by atoms with van der Waals surface area (Å²) < 4.78 is 18.1. The molecule has 0 spiro atoms. The summed E-state index contributed by atoms with van der Waals surface area (Å²) in [4.78, 5) is 11.2. The molecule has 98 valence electrons. The van der Waals surface area contributed by atoms with E-state index in [4.69, 9.17) is 4.74 Å². The first-order chi connectivity index (χ1) is 8.66. The van der Waals surface area contributed by atoms with Gasteiger partial charge in [-0.1, -0.05) is 0 Å². The Bertz CT molecular complexity index is 401. The van der Waals surface area contributed by atoms with Crippen LogP contribution in [0.15, 0.2) is 24.3 Å². The number of ether oxygens (including phenoxy) is 1. The highest BCUT2D eigenvalue weighted by molar-refractivity contribution is 5.70. The number of benzene rings is 1. The highest BCUT2D eigenvalue weighted by atomic mass is 19.1. The van der Waals surface area contributed by atoms with Crippen molar-refractivity contribution in [1.29, 1.82) is 0 Å². The van der Waals surface area contributed by atoms with E-state index in [1.165, 1.54) is 24.3 Å². The summed E-state index contributed by atoms with van der Waals surface area (Å²) in [5.41, 5.74) is 0. The van der Waals surface area contributed by atoms with Crippen LogP contribution in [0.2, 0.25) is 0 Å². The third kappa shape index (κ3) is 3.20. The molecule has 4 nitrogen and oxygen atoms in total. The normalized spacial score (nSPS) is 20.6. The van der Waals surface area contributed by atoms with Crippen molar-refractivity contribution < 1.29 is 19.0 Å². The SMILES string of the molecule is O=C(O)C(COc1ccc(F)cc1)C1CCNC1. The maximum Gasteiger partial charge on any atom is 0.310 e. The Labute approximate surface area is 105 Å². The predicted molar refractivity (Wildman–Crippen MR) is 64.0 cm³/mol. The zero-order chi connectivity index (χ0) is 13.0. The van der Waals surface area contributed by atoms with Crippen molar-refractivity contribution in [3.8, 4) is 5.75 Å². The van der Waals surface area contributed by atoms with Gasteiger partial charge in [-0.05, 0) is 49.7 Å². The Hall–Kier alpha value is -1.62. The molecule has 0 aliphatic carbocycles.